The van der Waals surface area contributed by atoms with E-state index in [9.17, 15) is 9.59 Å². The van der Waals surface area contributed by atoms with Crippen LogP contribution in [0.3, 0.4) is 0 Å². The van der Waals surface area contributed by atoms with Crippen LogP contribution in [0.1, 0.15) is 24.0 Å². The fourth-order valence-electron chi connectivity index (χ4n) is 3.79. The van der Waals surface area contributed by atoms with Crippen LogP contribution in [0.4, 0.5) is 5.69 Å². The second-order valence-corrected chi connectivity index (χ2v) is 9.49. The van der Waals surface area contributed by atoms with Gasteiger partial charge in [-0.05, 0) is 56.7 Å². The van der Waals surface area contributed by atoms with Crippen molar-refractivity contribution in [3.8, 4) is 11.4 Å². The smallest absolute Gasteiger partial charge is 0.295 e. The number of carbonyl (C=O) groups excluding carboxylic acids is 1. The van der Waals surface area contributed by atoms with Gasteiger partial charge in [-0.3, -0.25) is 14.3 Å². The van der Waals surface area contributed by atoms with Gasteiger partial charge in [0.2, 0.25) is 5.91 Å². The number of nitrogens with zero attached hydrogens (tertiary/aromatic N) is 5. The first-order valence-corrected chi connectivity index (χ1v) is 12.7. The Morgan fingerprint density at radius 1 is 1.14 bits per heavy atom. The van der Waals surface area contributed by atoms with E-state index in [-0.39, 0.29) is 29.5 Å². The Bertz CT molecular complexity index is 1440. The lowest BCUT2D eigenvalue weighted by Crippen LogP contribution is -2.23. The van der Waals surface area contributed by atoms with E-state index in [1.165, 1.54) is 16.4 Å². The summed E-state index contributed by atoms with van der Waals surface area (Å²) in [6, 6.07) is 14.7. The second kappa shape index (κ2) is 11.0. The Hall–Kier alpha value is -3.50. The van der Waals surface area contributed by atoms with Crippen LogP contribution in [0.25, 0.3) is 5.69 Å². The van der Waals surface area contributed by atoms with Gasteiger partial charge in [-0.2, -0.15) is 0 Å². The molecule has 0 saturated heterocycles. The number of rotatable bonds is 9. The van der Waals surface area contributed by atoms with Crippen molar-refractivity contribution in [2.75, 3.05) is 11.1 Å². The largest absolute Gasteiger partial charge is 0.485 e. The number of halogens is 1. The van der Waals surface area contributed by atoms with E-state index >= 15 is 0 Å². The van der Waals surface area contributed by atoms with Crippen molar-refractivity contribution in [1.29, 1.82) is 0 Å². The van der Waals surface area contributed by atoms with Gasteiger partial charge in [0.25, 0.3) is 5.56 Å². The molecule has 0 unspecified atom stereocenters. The number of aromatic nitrogens is 5. The number of benzene rings is 2. The molecular weight excluding hydrogens is 500 g/mol. The van der Waals surface area contributed by atoms with Crippen molar-refractivity contribution >= 4 is 35.0 Å². The number of amides is 1. The predicted octanol–water partition coefficient (Wildman–Crippen LogP) is 4.37. The molecule has 1 amide bonds. The van der Waals surface area contributed by atoms with Crippen LogP contribution in [-0.4, -0.2) is 35.8 Å². The number of anilines is 1. The van der Waals surface area contributed by atoms with Crippen LogP contribution in [0.5, 0.6) is 5.75 Å². The Morgan fingerprint density at radius 3 is 2.58 bits per heavy atom. The maximum atomic E-state index is 13.0. The fraction of sp³-hybridized carbons (Fsp3) is 0.280. The molecule has 0 spiro atoms. The van der Waals surface area contributed by atoms with Crippen molar-refractivity contribution < 1.29 is 9.53 Å². The Labute approximate surface area is 218 Å². The zero-order valence-corrected chi connectivity index (χ0v) is 22.1. The first kappa shape index (κ1) is 25.6. The maximum Gasteiger partial charge on any atom is 0.295 e. The first-order valence-electron chi connectivity index (χ1n) is 11.4. The summed E-state index contributed by atoms with van der Waals surface area (Å²) in [5.74, 6) is 1.15. The number of carbonyl (C=O) groups is 1. The number of aryl methyl sites for hydroxylation is 1. The van der Waals surface area contributed by atoms with Crippen molar-refractivity contribution in [2.45, 2.75) is 39.1 Å². The molecule has 2 heterocycles. The van der Waals surface area contributed by atoms with Gasteiger partial charge in [0.1, 0.15) is 18.0 Å². The third kappa shape index (κ3) is 5.34. The third-order valence-corrected chi connectivity index (χ3v) is 6.96. The quantitative estimate of drug-likeness (QED) is 0.325. The van der Waals surface area contributed by atoms with Crippen molar-refractivity contribution in [2.24, 2.45) is 7.05 Å². The number of thioether (sulfide) groups is 1. The van der Waals surface area contributed by atoms with Crippen molar-refractivity contribution in [3.63, 3.8) is 0 Å². The van der Waals surface area contributed by atoms with Crippen LogP contribution < -0.4 is 15.6 Å². The summed E-state index contributed by atoms with van der Waals surface area (Å²) in [5.41, 5.74) is 2.29. The Balaban J connectivity index is 1.42. The first-order chi connectivity index (χ1) is 17.3. The van der Waals surface area contributed by atoms with E-state index < -0.39 is 0 Å². The second-order valence-electron chi connectivity index (χ2n) is 8.11. The van der Waals surface area contributed by atoms with Crippen LogP contribution in [0, 0.1) is 13.8 Å². The highest BCUT2D eigenvalue weighted by Gasteiger charge is 2.19. The highest BCUT2D eigenvalue weighted by atomic mass is 35.5. The molecule has 2 aromatic heterocycles. The number of ether oxygens (including phenoxy) is 1. The third-order valence-electron chi connectivity index (χ3n) is 5.75. The summed E-state index contributed by atoms with van der Waals surface area (Å²) in [6.07, 6.45) is 0. The van der Waals surface area contributed by atoms with Gasteiger partial charge in [-0.25, -0.2) is 4.68 Å². The minimum absolute atomic E-state index is 0.0778. The van der Waals surface area contributed by atoms with E-state index in [0.717, 1.165) is 17.0 Å². The van der Waals surface area contributed by atoms with Gasteiger partial charge in [0.15, 0.2) is 11.0 Å². The average Bonchev–Trinajstić information content (AvgIpc) is 3.35. The van der Waals surface area contributed by atoms with Gasteiger partial charge in [0.05, 0.1) is 17.1 Å². The van der Waals surface area contributed by atoms with Crippen LogP contribution in [-0.2, 0) is 25.0 Å². The summed E-state index contributed by atoms with van der Waals surface area (Å²) in [6.45, 7) is 6.55. The van der Waals surface area contributed by atoms with Crippen molar-refractivity contribution in [3.05, 3.63) is 81.0 Å². The number of para-hydroxylation sites is 1. The Kier molecular flexibility index (Phi) is 7.85. The molecule has 0 saturated carbocycles. The molecule has 0 atom stereocenters. The molecule has 0 aliphatic carbocycles. The molecule has 9 nitrogen and oxygen atoms in total. The topological polar surface area (TPSA) is 96.0 Å². The van der Waals surface area contributed by atoms with Crippen LogP contribution in [0.2, 0.25) is 5.02 Å². The summed E-state index contributed by atoms with van der Waals surface area (Å²) >= 11 is 7.27. The molecule has 0 bridgehead atoms. The van der Waals surface area contributed by atoms with Crippen LogP contribution in [0.15, 0.2) is 58.5 Å². The lowest BCUT2D eigenvalue weighted by molar-refractivity contribution is -0.113. The van der Waals surface area contributed by atoms with Crippen LogP contribution >= 0.6 is 23.4 Å². The van der Waals surface area contributed by atoms with E-state index in [1.807, 2.05) is 60.9 Å². The summed E-state index contributed by atoms with van der Waals surface area (Å²) in [7, 11) is 1.78. The van der Waals surface area contributed by atoms with E-state index in [1.54, 1.807) is 24.7 Å². The van der Waals surface area contributed by atoms with E-state index in [2.05, 4.69) is 15.5 Å². The zero-order valence-electron chi connectivity index (χ0n) is 20.5. The molecule has 4 rings (SSSR count). The SMILES string of the molecule is CCn1c(COc2ccc(Cl)cc2C)nnc1SCC(=O)Nc1c(C)n(C)n(-c2ccccc2)c1=O. The number of hydrogen-bond acceptors (Lipinski definition) is 6. The Morgan fingerprint density at radius 2 is 1.89 bits per heavy atom. The molecule has 0 aliphatic heterocycles. The maximum absolute atomic E-state index is 13.0. The monoisotopic (exact) mass is 526 g/mol. The summed E-state index contributed by atoms with van der Waals surface area (Å²) < 4.78 is 11.1. The lowest BCUT2D eigenvalue weighted by atomic mass is 10.2. The molecule has 2 aromatic carbocycles. The zero-order chi connectivity index (χ0) is 25.8. The average molecular weight is 527 g/mol. The van der Waals surface area contributed by atoms with Crippen molar-refractivity contribution in [1.82, 2.24) is 24.1 Å². The van der Waals surface area contributed by atoms with E-state index in [0.29, 0.717) is 28.2 Å². The molecule has 4 aromatic rings. The van der Waals surface area contributed by atoms with Gasteiger partial charge in [-0.1, -0.05) is 41.6 Å². The normalized spacial score (nSPS) is 11.0. The van der Waals surface area contributed by atoms with Gasteiger partial charge in [-0.15, -0.1) is 10.2 Å². The predicted molar refractivity (Wildman–Crippen MR) is 141 cm³/mol. The fourth-order valence-corrected chi connectivity index (χ4v) is 4.83. The number of hydrogen-bond donors (Lipinski definition) is 1. The minimum Gasteiger partial charge on any atom is -0.485 e. The molecule has 0 radical (unpaired) electrons. The molecule has 1 N–H and O–H groups in total. The molecule has 0 fully saturated rings. The summed E-state index contributed by atoms with van der Waals surface area (Å²) in [5, 5.41) is 12.5. The molecule has 36 heavy (non-hydrogen) atoms. The van der Waals surface area contributed by atoms with Gasteiger partial charge >= 0.3 is 0 Å². The standard InChI is InChI=1S/C25H27ClN6O3S/c1-5-31-21(14-35-20-12-11-18(26)13-16(20)2)28-29-25(31)36-15-22(33)27-23-17(3)30(4)32(24(23)34)19-9-7-6-8-10-19/h6-13H,5,14-15H2,1-4H3,(H,27,33). The molecule has 0 aliphatic rings. The molecular formula is C25H27ClN6O3S. The van der Waals surface area contributed by atoms with Gasteiger partial charge < -0.3 is 14.6 Å². The highest BCUT2D eigenvalue weighted by molar-refractivity contribution is 7.99. The number of nitrogens with one attached hydrogen (secondary N) is 1. The minimum atomic E-state index is -0.300. The lowest BCUT2D eigenvalue weighted by Gasteiger charge is -2.10. The van der Waals surface area contributed by atoms with Gasteiger partial charge in [0, 0.05) is 18.6 Å². The molecule has 188 valence electrons. The van der Waals surface area contributed by atoms with E-state index in [4.69, 9.17) is 16.3 Å². The summed E-state index contributed by atoms with van der Waals surface area (Å²) in [4.78, 5) is 25.8. The highest BCUT2D eigenvalue weighted by Crippen LogP contribution is 2.24. The molecule has 11 heteroatoms.